The van der Waals surface area contributed by atoms with Gasteiger partial charge in [-0.15, -0.1) is 0 Å². The molecule has 3 aliphatic heterocycles. The second-order valence-electron chi connectivity index (χ2n) is 8.73. The highest BCUT2D eigenvalue weighted by molar-refractivity contribution is 5.94. The number of esters is 3. The molecule has 0 radical (unpaired) electrons. The van der Waals surface area contributed by atoms with Gasteiger partial charge in [-0.25, -0.2) is 9.59 Å². The fourth-order valence-electron chi connectivity index (χ4n) is 4.36. The van der Waals surface area contributed by atoms with Crippen molar-refractivity contribution in [3.63, 3.8) is 0 Å². The van der Waals surface area contributed by atoms with Crippen molar-refractivity contribution in [2.75, 3.05) is 6.61 Å². The Hall–Kier alpha value is -2.19. The zero-order valence-electron chi connectivity index (χ0n) is 17.1. The zero-order valence-corrected chi connectivity index (χ0v) is 17.1. The summed E-state index contributed by atoms with van der Waals surface area (Å²) in [5, 5.41) is 0. The summed E-state index contributed by atoms with van der Waals surface area (Å²) < 4.78 is 28.3. The van der Waals surface area contributed by atoms with Gasteiger partial charge in [0.2, 0.25) is 0 Å². The number of carbonyl (C=O) groups is 3. The van der Waals surface area contributed by atoms with Crippen molar-refractivity contribution in [3.05, 3.63) is 23.3 Å². The summed E-state index contributed by atoms with van der Waals surface area (Å²) in [7, 11) is 0. The van der Waals surface area contributed by atoms with E-state index in [9.17, 15) is 14.4 Å². The van der Waals surface area contributed by atoms with E-state index in [4.69, 9.17) is 23.7 Å². The minimum absolute atomic E-state index is 0.0299. The van der Waals surface area contributed by atoms with Crippen molar-refractivity contribution in [1.29, 1.82) is 0 Å². The summed E-state index contributed by atoms with van der Waals surface area (Å²) in [6.07, 6.45) is 0.168. The lowest BCUT2D eigenvalue weighted by Crippen LogP contribution is -2.36. The molecule has 0 bridgehead atoms. The van der Waals surface area contributed by atoms with E-state index in [-0.39, 0.29) is 30.0 Å². The van der Waals surface area contributed by atoms with Crippen LogP contribution in [0.4, 0.5) is 0 Å². The normalized spacial score (nSPS) is 40.1. The Morgan fingerprint density at radius 2 is 1.93 bits per heavy atom. The number of fused-ring (bicyclic) bond motifs is 4. The van der Waals surface area contributed by atoms with Gasteiger partial charge in [0.25, 0.3) is 0 Å². The average Bonchev–Trinajstić information content (AvgIpc) is 3.44. The molecule has 4 rings (SSSR count). The Kier molecular flexibility index (Phi) is 4.62. The van der Waals surface area contributed by atoms with E-state index in [1.165, 1.54) is 6.92 Å². The summed E-state index contributed by atoms with van der Waals surface area (Å²) in [5.41, 5.74) is 0.0199. The van der Waals surface area contributed by atoms with Gasteiger partial charge in [-0.2, -0.15) is 0 Å². The number of hydrogen-bond acceptors (Lipinski definition) is 8. The van der Waals surface area contributed by atoms with Crippen LogP contribution in [0.15, 0.2) is 23.3 Å². The van der Waals surface area contributed by atoms with Gasteiger partial charge < -0.3 is 23.7 Å². The molecule has 6 atom stereocenters. The monoisotopic (exact) mass is 406 g/mol. The van der Waals surface area contributed by atoms with E-state index in [1.54, 1.807) is 6.92 Å². The van der Waals surface area contributed by atoms with Crippen molar-refractivity contribution in [2.24, 2.45) is 0 Å². The number of ether oxygens (including phenoxy) is 5. The molecule has 0 N–H and O–H groups in total. The highest BCUT2D eigenvalue weighted by Gasteiger charge is 2.65. The van der Waals surface area contributed by atoms with Gasteiger partial charge in [0.05, 0.1) is 22.9 Å². The SMILES string of the molecule is C=C(C)C(=O)O[C@@H]1C[C@]2(C)O[C@@H]2CC[C@]2(C)O[C@@H]2[C@@H]2OC(=O)C(COC(C)=O)=C21. The Bertz CT molecular complexity index is 829. The van der Waals surface area contributed by atoms with E-state index in [2.05, 4.69) is 6.58 Å². The van der Waals surface area contributed by atoms with Crippen molar-refractivity contribution in [2.45, 2.75) is 82.6 Å². The Morgan fingerprint density at radius 3 is 2.59 bits per heavy atom. The summed E-state index contributed by atoms with van der Waals surface area (Å²) in [6.45, 7) is 10.2. The quantitative estimate of drug-likeness (QED) is 0.301. The minimum atomic E-state index is -0.775. The first-order chi connectivity index (χ1) is 13.5. The molecule has 8 heteroatoms. The first-order valence-electron chi connectivity index (χ1n) is 9.83. The van der Waals surface area contributed by atoms with Crippen molar-refractivity contribution < 1.29 is 38.1 Å². The molecular formula is C21H26O8. The van der Waals surface area contributed by atoms with E-state index in [0.29, 0.717) is 12.0 Å². The van der Waals surface area contributed by atoms with Crippen LogP contribution in [0, 0.1) is 0 Å². The van der Waals surface area contributed by atoms with E-state index >= 15 is 0 Å². The molecule has 3 heterocycles. The second-order valence-corrected chi connectivity index (χ2v) is 8.73. The highest BCUT2D eigenvalue weighted by atomic mass is 16.7. The lowest BCUT2D eigenvalue weighted by atomic mass is 9.83. The maximum absolute atomic E-state index is 12.6. The smallest absolute Gasteiger partial charge is 0.338 e. The molecule has 1 saturated carbocycles. The Balaban J connectivity index is 1.75. The fraction of sp³-hybridized carbons (Fsp3) is 0.667. The standard InChI is InChI=1S/C21H26O8/c1-10(2)18(23)26-13-8-21(5)14(28-21)6-7-20(4)17(29-20)16-15(13)12(19(24)27-16)9-25-11(3)22/h13-14,16-17H,1,6-9H2,2-5H3/t13-,14-,16-,17-,20+,21+/m1/s1. The van der Waals surface area contributed by atoms with Crippen LogP contribution in [0.25, 0.3) is 0 Å². The van der Waals surface area contributed by atoms with Crippen molar-refractivity contribution in [3.8, 4) is 0 Å². The number of carbonyl (C=O) groups excluding carboxylic acids is 3. The van der Waals surface area contributed by atoms with Gasteiger partial charge in [-0.3, -0.25) is 4.79 Å². The second kappa shape index (κ2) is 6.67. The Labute approximate surface area is 169 Å². The predicted octanol–water partition coefficient (Wildman–Crippen LogP) is 1.76. The van der Waals surface area contributed by atoms with Crippen molar-refractivity contribution >= 4 is 17.9 Å². The van der Waals surface area contributed by atoms with Crippen LogP contribution >= 0.6 is 0 Å². The van der Waals surface area contributed by atoms with Crippen LogP contribution in [0.3, 0.4) is 0 Å². The average molecular weight is 406 g/mol. The molecule has 0 aromatic heterocycles. The molecule has 29 heavy (non-hydrogen) atoms. The number of rotatable bonds is 4. The third-order valence-corrected chi connectivity index (χ3v) is 6.24. The molecule has 0 unspecified atom stereocenters. The van der Waals surface area contributed by atoms with E-state index < -0.39 is 41.3 Å². The molecule has 4 aliphatic rings. The van der Waals surface area contributed by atoms with Gasteiger partial charge in [-0.1, -0.05) is 6.58 Å². The molecule has 0 aromatic rings. The molecule has 8 nitrogen and oxygen atoms in total. The van der Waals surface area contributed by atoms with Gasteiger partial charge in [0.15, 0.2) is 6.10 Å². The first-order valence-corrected chi connectivity index (χ1v) is 9.83. The lowest BCUT2D eigenvalue weighted by molar-refractivity contribution is -0.144. The van der Waals surface area contributed by atoms with Crippen molar-refractivity contribution in [1.82, 2.24) is 0 Å². The molecule has 158 valence electrons. The van der Waals surface area contributed by atoms with Gasteiger partial charge >= 0.3 is 17.9 Å². The fourth-order valence-corrected chi connectivity index (χ4v) is 4.36. The number of epoxide rings is 2. The molecule has 0 amide bonds. The van der Waals surface area contributed by atoms with Crippen LogP contribution in [0.2, 0.25) is 0 Å². The van der Waals surface area contributed by atoms with Gasteiger partial charge in [-0.05, 0) is 33.6 Å². The summed E-state index contributed by atoms with van der Waals surface area (Å²) >= 11 is 0. The summed E-state index contributed by atoms with van der Waals surface area (Å²) in [6, 6.07) is 0. The lowest BCUT2D eigenvalue weighted by Gasteiger charge is -2.26. The molecule has 0 spiro atoms. The first kappa shape index (κ1) is 20.1. The molecule has 3 fully saturated rings. The molecule has 1 aliphatic carbocycles. The van der Waals surface area contributed by atoms with Crippen LogP contribution < -0.4 is 0 Å². The summed E-state index contributed by atoms with van der Waals surface area (Å²) in [5.74, 6) is -1.67. The van der Waals surface area contributed by atoms with E-state index in [1.807, 2.05) is 13.8 Å². The molecular weight excluding hydrogens is 380 g/mol. The zero-order chi connectivity index (χ0) is 21.1. The maximum Gasteiger partial charge on any atom is 0.338 e. The topological polar surface area (TPSA) is 104 Å². The highest BCUT2D eigenvalue weighted by Crippen LogP contribution is 2.54. The van der Waals surface area contributed by atoms with Gasteiger partial charge in [0, 0.05) is 24.5 Å². The third kappa shape index (κ3) is 3.59. The maximum atomic E-state index is 12.6. The molecule has 0 aromatic carbocycles. The summed E-state index contributed by atoms with van der Waals surface area (Å²) in [4.78, 5) is 36.3. The van der Waals surface area contributed by atoms with Crippen LogP contribution in [0.1, 0.15) is 47.0 Å². The van der Waals surface area contributed by atoms with Crippen LogP contribution in [0.5, 0.6) is 0 Å². The van der Waals surface area contributed by atoms with Crippen LogP contribution in [-0.4, -0.2) is 60.1 Å². The predicted molar refractivity (Wildman–Crippen MR) is 98.6 cm³/mol. The minimum Gasteiger partial charge on any atom is -0.461 e. The van der Waals surface area contributed by atoms with Crippen LogP contribution in [-0.2, 0) is 38.1 Å². The molecule has 2 saturated heterocycles. The third-order valence-electron chi connectivity index (χ3n) is 6.24. The largest absolute Gasteiger partial charge is 0.461 e. The Morgan fingerprint density at radius 1 is 1.21 bits per heavy atom. The number of hydrogen-bond donors (Lipinski definition) is 0. The van der Waals surface area contributed by atoms with E-state index in [0.717, 1.165) is 12.8 Å². The van der Waals surface area contributed by atoms with Gasteiger partial charge in [0.1, 0.15) is 18.8 Å².